The van der Waals surface area contributed by atoms with E-state index in [9.17, 15) is 13.2 Å². The number of hydrogen-bond donors (Lipinski definition) is 2. The number of carbonyl (C=O) groups excluding carboxylic acids is 1. The van der Waals surface area contributed by atoms with E-state index in [2.05, 4.69) is 16.1 Å². The van der Waals surface area contributed by atoms with Crippen molar-refractivity contribution in [1.82, 2.24) is 4.72 Å². The summed E-state index contributed by atoms with van der Waals surface area (Å²) in [6.07, 6.45) is 0.923. The third kappa shape index (κ3) is 6.20. The molecular formula is C20H23N3O3S. The van der Waals surface area contributed by atoms with Gasteiger partial charge >= 0.3 is 0 Å². The normalized spacial score (nSPS) is 11.0. The van der Waals surface area contributed by atoms with Crippen LogP contribution in [0.15, 0.2) is 47.4 Å². The average Bonchev–Trinajstić information content (AvgIpc) is 2.63. The van der Waals surface area contributed by atoms with Crippen molar-refractivity contribution in [2.75, 3.05) is 11.9 Å². The van der Waals surface area contributed by atoms with Crippen molar-refractivity contribution in [3.63, 3.8) is 0 Å². The molecule has 0 saturated carbocycles. The van der Waals surface area contributed by atoms with Gasteiger partial charge in [-0.15, -0.1) is 0 Å². The van der Waals surface area contributed by atoms with Gasteiger partial charge in [-0.3, -0.25) is 4.79 Å². The van der Waals surface area contributed by atoms with Crippen LogP contribution in [0.4, 0.5) is 5.69 Å². The molecule has 0 aliphatic rings. The zero-order valence-electron chi connectivity index (χ0n) is 15.5. The first-order valence-corrected chi connectivity index (χ1v) is 10.1. The van der Waals surface area contributed by atoms with Gasteiger partial charge in [0.25, 0.3) is 0 Å². The SMILES string of the molecule is Cc1ccc(S(=O)(=O)NCCCC(=O)Nc2ccc(CC#N)cc2)cc1C. The summed E-state index contributed by atoms with van der Waals surface area (Å²) in [7, 11) is -3.57. The Morgan fingerprint density at radius 2 is 1.78 bits per heavy atom. The summed E-state index contributed by atoms with van der Waals surface area (Å²) in [5, 5.41) is 11.4. The molecule has 0 atom stereocenters. The first kappa shape index (κ1) is 20.6. The van der Waals surface area contributed by atoms with Gasteiger partial charge in [-0.1, -0.05) is 18.2 Å². The van der Waals surface area contributed by atoms with E-state index in [-0.39, 0.29) is 23.8 Å². The molecule has 142 valence electrons. The van der Waals surface area contributed by atoms with Gasteiger partial charge in [0.05, 0.1) is 17.4 Å². The van der Waals surface area contributed by atoms with Gasteiger partial charge in [-0.05, 0) is 61.2 Å². The summed E-state index contributed by atoms with van der Waals surface area (Å²) in [6, 6.07) is 14.1. The first-order chi connectivity index (χ1) is 12.8. The third-order valence-electron chi connectivity index (χ3n) is 4.18. The molecule has 2 rings (SSSR count). The molecule has 2 N–H and O–H groups in total. The second-order valence-corrected chi connectivity index (χ2v) is 8.09. The van der Waals surface area contributed by atoms with E-state index in [1.165, 1.54) is 0 Å². The molecule has 0 aliphatic carbocycles. The molecule has 0 spiro atoms. The van der Waals surface area contributed by atoms with E-state index in [1.807, 2.05) is 13.8 Å². The van der Waals surface area contributed by atoms with Crippen LogP contribution in [-0.2, 0) is 21.2 Å². The number of anilines is 1. The first-order valence-electron chi connectivity index (χ1n) is 8.64. The quantitative estimate of drug-likeness (QED) is 0.682. The molecule has 27 heavy (non-hydrogen) atoms. The lowest BCUT2D eigenvalue weighted by atomic mass is 10.1. The molecule has 1 amide bonds. The highest BCUT2D eigenvalue weighted by atomic mass is 32.2. The van der Waals surface area contributed by atoms with Crippen LogP contribution in [0.5, 0.6) is 0 Å². The van der Waals surface area contributed by atoms with Gasteiger partial charge in [0.15, 0.2) is 0 Å². The fraction of sp³-hybridized carbons (Fsp3) is 0.300. The topological polar surface area (TPSA) is 99.1 Å². The number of rotatable bonds is 8. The van der Waals surface area contributed by atoms with Gasteiger partial charge in [0.1, 0.15) is 0 Å². The van der Waals surface area contributed by atoms with E-state index < -0.39 is 10.0 Å². The number of hydrogen-bond acceptors (Lipinski definition) is 4. The van der Waals surface area contributed by atoms with Crippen molar-refractivity contribution in [2.24, 2.45) is 0 Å². The summed E-state index contributed by atoms with van der Waals surface area (Å²) < 4.78 is 27.1. The molecule has 0 radical (unpaired) electrons. The maximum absolute atomic E-state index is 12.3. The Morgan fingerprint density at radius 1 is 1.07 bits per heavy atom. The van der Waals surface area contributed by atoms with Crippen LogP contribution in [0.25, 0.3) is 0 Å². The van der Waals surface area contributed by atoms with Gasteiger partial charge in [0, 0.05) is 18.7 Å². The van der Waals surface area contributed by atoms with Gasteiger partial charge in [-0.2, -0.15) is 5.26 Å². The Bertz CT molecular complexity index is 945. The predicted molar refractivity (Wildman–Crippen MR) is 105 cm³/mol. The minimum Gasteiger partial charge on any atom is -0.326 e. The van der Waals surface area contributed by atoms with Gasteiger partial charge in [0.2, 0.25) is 15.9 Å². The maximum Gasteiger partial charge on any atom is 0.240 e. The number of amides is 1. The second kappa shape index (κ2) is 9.31. The minimum absolute atomic E-state index is 0.184. The van der Waals surface area contributed by atoms with Crippen molar-refractivity contribution in [3.05, 3.63) is 59.2 Å². The van der Waals surface area contributed by atoms with Crippen molar-refractivity contribution >= 4 is 21.6 Å². The van der Waals surface area contributed by atoms with Crippen LogP contribution in [0.2, 0.25) is 0 Å². The van der Waals surface area contributed by atoms with Gasteiger partial charge in [-0.25, -0.2) is 13.1 Å². The lowest BCUT2D eigenvalue weighted by molar-refractivity contribution is -0.116. The molecule has 2 aromatic carbocycles. The molecule has 0 saturated heterocycles. The smallest absolute Gasteiger partial charge is 0.240 e. The summed E-state index contributed by atoms with van der Waals surface area (Å²) in [5.41, 5.74) is 3.48. The van der Waals surface area contributed by atoms with Gasteiger partial charge < -0.3 is 5.32 Å². The van der Waals surface area contributed by atoms with Crippen LogP contribution in [0, 0.1) is 25.2 Å². The standard InChI is InChI=1S/C20H23N3O3S/c1-15-5-10-19(14-16(15)2)27(25,26)22-13-3-4-20(24)23-18-8-6-17(7-9-18)11-12-21/h5-10,14,22H,3-4,11,13H2,1-2H3,(H,23,24). The van der Waals surface area contributed by atoms with E-state index in [1.54, 1.807) is 42.5 Å². The van der Waals surface area contributed by atoms with Crippen molar-refractivity contribution in [3.8, 4) is 6.07 Å². The van der Waals surface area contributed by atoms with E-state index in [0.717, 1.165) is 16.7 Å². The highest BCUT2D eigenvalue weighted by Gasteiger charge is 2.14. The Morgan fingerprint density at radius 3 is 2.41 bits per heavy atom. The van der Waals surface area contributed by atoms with Crippen LogP contribution < -0.4 is 10.0 Å². The molecule has 0 aromatic heterocycles. The largest absolute Gasteiger partial charge is 0.326 e. The zero-order chi connectivity index (χ0) is 19.9. The molecule has 0 heterocycles. The predicted octanol–water partition coefficient (Wildman–Crippen LogP) is 3.07. The molecule has 0 fully saturated rings. The van der Waals surface area contributed by atoms with E-state index >= 15 is 0 Å². The van der Waals surface area contributed by atoms with Crippen LogP contribution in [0.1, 0.15) is 29.5 Å². The Hall–Kier alpha value is -2.69. The summed E-state index contributed by atoms with van der Waals surface area (Å²) in [5.74, 6) is -0.187. The molecule has 0 aliphatic heterocycles. The van der Waals surface area contributed by atoms with E-state index in [4.69, 9.17) is 5.26 Å². The second-order valence-electron chi connectivity index (χ2n) is 6.33. The Balaban J connectivity index is 1.79. The lowest BCUT2D eigenvalue weighted by Gasteiger charge is -2.09. The summed E-state index contributed by atoms with van der Waals surface area (Å²) in [4.78, 5) is 12.2. The van der Waals surface area contributed by atoms with Crippen LogP contribution >= 0.6 is 0 Å². The number of benzene rings is 2. The average molecular weight is 385 g/mol. The zero-order valence-corrected chi connectivity index (χ0v) is 16.3. The number of nitriles is 1. The molecule has 6 nitrogen and oxygen atoms in total. The highest BCUT2D eigenvalue weighted by molar-refractivity contribution is 7.89. The number of aryl methyl sites for hydroxylation is 2. The molecule has 0 bridgehead atoms. The Labute approximate surface area is 160 Å². The maximum atomic E-state index is 12.3. The lowest BCUT2D eigenvalue weighted by Crippen LogP contribution is -2.26. The minimum atomic E-state index is -3.57. The van der Waals surface area contributed by atoms with Crippen LogP contribution in [0.3, 0.4) is 0 Å². The summed E-state index contributed by atoms with van der Waals surface area (Å²) >= 11 is 0. The Kier molecular flexibility index (Phi) is 7.11. The van der Waals surface area contributed by atoms with Crippen molar-refractivity contribution in [1.29, 1.82) is 5.26 Å². The van der Waals surface area contributed by atoms with Crippen LogP contribution in [-0.4, -0.2) is 20.9 Å². The van der Waals surface area contributed by atoms with Crippen molar-refractivity contribution in [2.45, 2.75) is 38.0 Å². The number of nitrogens with zero attached hydrogens (tertiary/aromatic N) is 1. The molecule has 0 unspecified atom stereocenters. The summed E-state index contributed by atoms with van der Waals surface area (Å²) in [6.45, 7) is 3.98. The third-order valence-corrected chi connectivity index (χ3v) is 5.64. The fourth-order valence-corrected chi connectivity index (χ4v) is 3.60. The van der Waals surface area contributed by atoms with Crippen molar-refractivity contribution < 1.29 is 13.2 Å². The number of carbonyl (C=O) groups is 1. The highest BCUT2D eigenvalue weighted by Crippen LogP contribution is 2.15. The van der Waals surface area contributed by atoms with E-state index in [0.29, 0.717) is 18.5 Å². The molecule has 7 heteroatoms. The number of sulfonamides is 1. The molecular weight excluding hydrogens is 362 g/mol. The molecule has 2 aromatic rings. The fourth-order valence-electron chi connectivity index (χ4n) is 2.44. The number of nitrogens with one attached hydrogen (secondary N) is 2. The monoisotopic (exact) mass is 385 g/mol.